The van der Waals surface area contributed by atoms with Gasteiger partial charge in [-0.3, -0.25) is 4.90 Å². The van der Waals surface area contributed by atoms with Gasteiger partial charge in [-0.05, 0) is 59.2 Å². The predicted molar refractivity (Wildman–Crippen MR) is 192 cm³/mol. The Bertz CT molecular complexity index is 1570. The molecule has 0 radical (unpaired) electrons. The zero-order valence-corrected chi connectivity index (χ0v) is 33.0. The van der Waals surface area contributed by atoms with Crippen molar-refractivity contribution in [3.05, 3.63) is 69.8 Å². The molecule has 4 rings (SSSR count). The lowest BCUT2D eigenvalue weighted by Gasteiger charge is -2.35. The molecule has 0 spiro atoms. The van der Waals surface area contributed by atoms with Crippen LogP contribution in [0.2, 0.25) is 0 Å². The Kier molecular flexibility index (Phi) is 17.5. The van der Waals surface area contributed by atoms with E-state index in [4.69, 9.17) is 9.47 Å². The van der Waals surface area contributed by atoms with Gasteiger partial charge >= 0.3 is 24.1 Å². The van der Waals surface area contributed by atoms with E-state index in [1.54, 1.807) is 30.6 Å². The van der Waals surface area contributed by atoms with Gasteiger partial charge in [0, 0.05) is 69.8 Å². The van der Waals surface area contributed by atoms with E-state index in [0.717, 1.165) is 52.5 Å². The molecule has 17 heteroatoms. The van der Waals surface area contributed by atoms with Crippen molar-refractivity contribution in [1.82, 2.24) is 20.0 Å². The fourth-order valence-electron chi connectivity index (χ4n) is 4.82. The second kappa shape index (κ2) is 20.5. The van der Waals surface area contributed by atoms with Crippen molar-refractivity contribution in [2.45, 2.75) is 64.6 Å². The van der Waals surface area contributed by atoms with Crippen molar-refractivity contribution in [1.29, 1.82) is 0 Å². The normalized spacial score (nSPS) is 14.9. The van der Waals surface area contributed by atoms with Gasteiger partial charge < -0.3 is 34.1 Å². The Morgan fingerprint density at radius 1 is 0.660 bits per heavy atom. The number of ether oxygens (including phenoxy) is 4. The Morgan fingerprint density at radius 3 is 1.45 bits per heavy atom. The maximum atomic E-state index is 14.5. The molecule has 2 fully saturated rings. The highest BCUT2D eigenvalue weighted by Gasteiger charge is 2.28. The van der Waals surface area contributed by atoms with Gasteiger partial charge in [0.15, 0.2) is 0 Å². The number of carbonyl (C=O) groups excluding carboxylic acids is 4. The molecule has 2 aliphatic heterocycles. The summed E-state index contributed by atoms with van der Waals surface area (Å²) in [7, 11) is 2.14. The molecule has 2 saturated heterocycles. The Hall–Kier alpha value is -3.96. The third-order valence-electron chi connectivity index (χ3n) is 7.45. The quantitative estimate of drug-likeness (QED) is 0.160. The van der Waals surface area contributed by atoms with Crippen molar-refractivity contribution >= 4 is 40.1 Å². The molecule has 0 aromatic heterocycles. The number of carbonyl (C=O) groups is 4. The van der Waals surface area contributed by atoms with Crippen LogP contribution in [-0.4, -0.2) is 117 Å². The number of halogens is 5. The van der Waals surface area contributed by atoms with E-state index in [2.05, 4.69) is 30.7 Å². The van der Waals surface area contributed by atoms with Gasteiger partial charge in [-0.1, -0.05) is 28.1 Å². The van der Waals surface area contributed by atoms with Crippen LogP contribution in [0.5, 0.6) is 0 Å². The highest BCUT2D eigenvalue weighted by molar-refractivity contribution is 9.08. The summed E-state index contributed by atoms with van der Waals surface area (Å²) in [5.74, 6) is -5.72. The molecular formula is C36H49BrF4N4O8. The number of esters is 2. The van der Waals surface area contributed by atoms with Crippen LogP contribution < -0.4 is 5.32 Å². The van der Waals surface area contributed by atoms with Gasteiger partial charge in [-0.2, -0.15) is 0 Å². The smallest absolute Gasteiger partial charge is 0.410 e. The first kappa shape index (κ1) is 45.2. The van der Waals surface area contributed by atoms with Crippen LogP contribution in [0, 0.1) is 23.3 Å². The second-order valence-corrected chi connectivity index (χ2v) is 14.4. The van der Waals surface area contributed by atoms with Crippen molar-refractivity contribution in [3.63, 3.8) is 0 Å². The van der Waals surface area contributed by atoms with Crippen LogP contribution >= 0.6 is 15.9 Å². The number of hydrogen-bond donors (Lipinski definition) is 1. The highest BCUT2D eigenvalue weighted by atomic mass is 79.9. The third kappa shape index (κ3) is 14.4. The summed E-state index contributed by atoms with van der Waals surface area (Å²) in [6.07, 6.45) is -0.577. The average Bonchev–Trinajstić information content (AvgIpc) is 3.09. The van der Waals surface area contributed by atoms with Crippen LogP contribution in [0.25, 0.3) is 0 Å². The Balaban J connectivity index is 0.000000303. The van der Waals surface area contributed by atoms with Crippen LogP contribution in [0.3, 0.4) is 0 Å². The Morgan fingerprint density at radius 2 is 1.06 bits per heavy atom. The fraction of sp³-hybridized carbons (Fsp3) is 0.556. The molecule has 2 amide bonds. The summed E-state index contributed by atoms with van der Waals surface area (Å²) in [5.41, 5.74) is -1.86. The minimum atomic E-state index is -1.04. The molecule has 53 heavy (non-hydrogen) atoms. The summed E-state index contributed by atoms with van der Waals surface area (Å²) in [6.45, 7) is 16.4. The molecule has 0 unspecified atom stereocenters. The fourth-order valence-corrected chi connectivity index (χ4v) is 5.26. The van der Waals surface area contributed by atoms with E-state index in [0.29, 0.717) is 26.2 Å². The van der Waals surface area contributed by atoms with Crippen molar-refractivity contribution in [2.24, 2.45) is 0 Å². The van der Waals surface area contributed by atoms with E-state index in [-0.39, 0.29) is 40.8 Å². The van der Waals surface area contributed by atoms with E-state index < -0.39 is 51.9 Å². The van der Waals surface area contributed by atoms with Crippen molar-refractivity contribution in [3.8, 4) is 0 Å². The van der Waals surface area contributed by atoms with E-state index >= 15 is 0 Å². The lowest BCUT2D eigenvalue weighted by molar-refractivity contribution is 0.0136. The number of alkyl halides is 1. The van der Waals surface area contributed by atoms with E-state index in [9.17, 15) is 36.7 Å². The molecule has 2 aliphatic rings. The van der Waals surface area contributed by atoms with E-state index in [1.165, 1.54) is 12.1 Å². The van der Waals surface area contributed by atoms with Gasteiger partial charge in [0.2, 0.25) is 0 Å². The number of nitrogens with one attached hydrogen (secondary N) is 1. The molecule has 0 bridgehead atoms. The number of rotatable bonds is 5. The zero-order chi connectivity index (χ0) is 40.1. The van der Waals surface area contributed by atoms with E-state index in [1.807, 2.05) is 25.7 Å². The summed E-state index contributed by atoms with van der Waals surface area (Å²) >= 11 is 3.02. The lowest BCUT2D eigenvalue weighted by Crippen LogP contribution is -2.49. The van der Waals surface area contributed by atoms with Crippen LogP contribution in [0.4, 0.5) is 27.2 Å². The zero-order valence-electron chi connectivity index (χ0n) is 31.4. The third-order valence-corrected chi connectivity index (χ3v) is 8.06. The SMILES string of the molecule is CC(C)(C)OC(=O)N1CCNCC1.COC(=O)c1c(F)ccc(CBr)c1F.COC(=O)c1c(F)ccc(CN2CCN(C(=O)OC(C)(C)C)CC2)c1F. The van der Waals surface area contributed by atoms with Gasteiger partial charge in [-0.15, -0.1) is 0 Å². The summed E-state index contributed by atoms with van der Waals surface area (Å²) < 4.78 is 73.9. The summed E-state index contributed by atoms with van der Waals surface area (Å²) in [5, 5.41) is 3.39. The number of benzene rings is 2. The van der Waals surface area contributed by atoms with Crippen LogP contribution in [-0.2, 0) is 30.8 Å². The number of hydrogen-bond acceptors (Lipinski definition) is 10. The molecular weight excluding hydrogens is 772 g/mol. The first-order valence-corrected chi connectivity index (χ1v) is 17.9. The van der Waals surface area contributed by atoms with Crippen molar-refractivity contribution in [2.75, 3.05) is 66.6 Å². The van der Waals surface area contributed by atoms with Crippen LogP contribution in [0.15, 0.2) is 24.3 Å². The molecule has 2 aromatic rings. The molecule has 1 N–H and O–H groups in total. The molecule has 2 aromatic carbocycles. The largest absolute Gasteiger partial charge is 0.465 e. The van der Waals surface area contributed by atoms with Gasteiger partial charge in [0.05, 0.1) is 14.2 Å². The maximum Gasteiger partial charge on any atom is 0.410 e. The number of amides is 2. The van der Waals surface area contributed by atoms with Gasteiger partial charge in [0.25, 0.3) is 0 Å². The maximum absolute atomic E-state index is 14.5. The van der Waals surface area contributed by atoms with Crippen molar-refractivity contribution < 1.29 is 55.7 Å². The monoisotopic (exact) mass is 820 g/mol. The van der Waals surface area contributed by atoms with Gasteiger partial charge in [0.1, 0.15) is 45.6 Å². The minimum absolute atomic E-state index is 0.200. The summed E-state index contributed by atoms with van der Waals surface area (Å²) in [4.78, 5) is 51.4. The lowest BCUT2D eigenvalue weighted by atomic mass is 10.1. The first-order valence-electron chi connectivity index (χ1n) is 16.8. The molecule has 12 nitrogen and oxygen atoms in total. The Labute approximate surface area is 316 Å². The predicted octanol–water partition coefficient (Wildman–Crippen LogP) is 6.28. The van der Waals surface area contributed by atoms with Crippen LogP contribution in [0.1, 0.15) is 73.4 Å². The summed E-state index contributed by atoms with van der Waals surface area (Å²) in [6, 6.07) is 4.68. The topological polar surface area (TPSA) is 127 Å². The molecule has 0 atom stereocenters. The second-order valence-electron chi connectivity index (χ2n) is 13.9. The number of nitrogens with zero attached hydrogens (tertiary/aromatic N) is 3. The standard InChI is InChI=1S/C18H24F2N2O4.C9H7BrF2O2.C9H18N2O2/c1-18(2,3)26-17(24)22-9-7-21(8-10-22)11-12-5-6-13(19)14(15(12)20)16(23)25-4;1-14-9(13)7-6(11)3-2-5(4-10)8(7)12;1-9(2,3)13-8(12)11-6-4-10-5-7-11/h5-6H,7-11H2,1-4H3;2-3H,4H2,1H3;10H,4-7H2,1-3H3. The minimum Gasteiger partial charge on any atom is -0.465 e. The average molecular weight is 822 g/mol. The number of piperazine rings is 2. The highest BCUT2D eigenvalue weighted by Crippen LogP contribution is 2.22. The molecule has 2 heterocycles. The molecule has 0 saturated carbocycles. The number of methoxy groups -OCH3 is 2. The molecule has 0 aliphatic carbocycles. The van der Waals surface area contributed by atoms with Gasteiger partial charge in [-0.25, -0.2) is 36.7 Å². The molecule has 296 valence electrons. The first-order chi connectivity index (χ1) is 24.7.